The molecule has 0 aromatic heterocycles. The van der Waals surface area contributed by atoms with Gasteiger partial charge in [-0.25, -0.2) is 0 Å². The molecular weight excluding hydrogens is 596 g/mol. The van der Waals surface area contributed by atoms with Crippen LogP contribution in [0.25, 0.3) is 0 Å². The number of phenols is 1. The molecule has 1 aliphatic heterocycles. The van der Waals surface area contributed by atoms with Gasteiger partial charge in [-0.05, 0) is 97.2 Å². The summed E-state index contributed by atoms with van der Waals surface area (Å²) in [4.78, 5) is 30.8. The standard InChI is InChI=1S/C38H48N2O7/c1-21-22(2)34-31(23(3)33(21)46-24(4)41)30(40-44-12)19-38(11,47-34)20-45-27-15-13-25(14-16-27)39-35(43)32-28(36(5,6)7)17-26(42)18-29(32)37(8,9)10/h13-18,42H,19-20H2,1-12H3,(H,39,43)/b40-30-. The zero-order chi connectivity index (χ0) is 35.1. The molecule has 1 aliphatic rings. The summed E-state index contributed by atoms with van der Waals surface area (Å²) in [5, 5.41) is 17.9. The first-order chi connectivity index (χ1) is 21.8. The number of benzene rings is 3. The van der Waals surface area contributed by atoms with Crippen molar-refractivity contribution in [3.63, 3.8) is 0 Å². The van der Waals surface area contributed by atoms with Gasteiger partial charge in [0.05, 0.1) is 5.71 Å². The number of hydrogen-bond donors (Lipinski definition) is 2. The van der Waals surface area contributed by atoms with E-state index >= 15 is 0 Å². The van der Waals surface area contributed by atoms with Gasteiger partial charge >= 0.3 is 5.97 Å². The lowest BCUT2D eigenvalue weighted by Crippen LogP contribution is -2.45. The molecule has 9 heteroatoms. The molecule has 47 heavy (non-hydrogen) atoms. The largest absolute Gasteiger partial charge is 0.508 e. The third-order valence-corrected chi connectivity index (χ3v) is 8.43. The van der Waals surface area contributed by atoms with Crippen molar-refractivity contribution in [1.82, 2.24) is 0 Å². The molecule has 252 valence electrons. The predicted molar refractivity (Wildman–Crippen MR) is 185 cm³/mol. The van der Waals surface area contributed by atoms with Crippen LogP contribution in [0.1, 0.15) is 106 Å². The van der Waals surface area contributed by atoms with E-state index in [1.54, 1.807) is 36.4 Å². The van der Waals surface area contributed by atoms with Crippen LogP contribution < -0.4 is 19.5 Å². The Morgan fingerprint density at radius 2 is 1.53 bits per heavy atom. The molecule has 3 aromatic rings. The first kappa shape index (κ1) is 35.3. The van der Waals surface area contributed by atoms with E-state index in [2.05, 4.69) is 10.5 Å². The van der Waals surface area contributed by atoms with Gasteiger partial charge in [-0.1, -0.05) is 46.7 Å². The molecule has 9 nitrogen and oxygen atoms in total. The van der Waals surface area contributed by atoms with E-state index in [1.807, 2.05) is 69.2 Å². The molecule has 0 saturated heterocycles. The van der Waals surface area contributed by atoms with Crippen LogP contribution in [-0.4, -0.2) is 42.0 Å². The number of oxime groups is 1. The van der Waals surface area contributed by atoms with Gasteiger partial charge < -0.3 is 29.5 Å². The lowest BCUT2D eigenvalue weighted by atomic mass is 9.76. The number of phenolic OH excluding ortho intramolecular Hbond substituents is 1. The van der Waals surface area contributed by atoms with Crippen LogP contribution in [0.5, 0.6) is 23.0 Å². The lowest BCUT2D eigenvalue weighted by molar-refractivity contribution is -0.132. The molecule has 0 fully saturated rings. The molecule has 0 spiro atoms. The van der Waals surface area contributed by atoms with E-state index < -0.39 is 11.6 Å². The van der Waals surface area contributed by atoms with Gasteiger partial charge in [0.2, 0.25) is 0 Å². The number of aromatic hydroxyl groups is 1. The highest BCUT2D eigenvalue weighted by molar-refractivity contribution is 6.07. The number of carbonyl (C=O) groups is 2. The van der Waals surface area contributed by atoms with Crippen LogP contribution >= 0.6 is 0 Å². The topological polar surface area (TPSA) is 116 Å². The number of rotatable bonds is 7. The summed E-state index contributed by atoms with van der Waals surface area (Å²) in [6.07, 6.45) is 0.393. The van der Waals surface area contributed by atoms with Gasteiger partial charge in [-0.15, -0.1) is 0 Å². The fraction of sp³-hybridized carbons (Fsp3) is 0.447. The monoisotopic (exact) mass is 644 g/mol. The highest BCUT2D eigenvalue weighted by atomic mass is 16.6. The van der Waals surface area contributed by atoms with Gasteiger partial charge in [0.25, 0.3) is 5.91 Å². The Morgan fingerprint density at radius 3 is 2.04 bits per heavy atom. The summed E-state index contributed by atoms with van der Waals surface area (Å²) < 4.78 is 18.4. The van der Waals surface area contributed by atoms with Crippen LogP contribution in [-0.2, 0) is 20.5 Å². The summed E-state index contributed by atoms with van der Waals surface area (Å²) in [5.41, 5.74) is 5.06. The van der Waals surface area contributed by atoms with Gasteiger partial charge in [0.15, 0.2) is 0 Å². The van der Waals surface area contributed by atoms with Crippen molar-refractivity contribution in [2.45, 2.75) is 99.0 Å². The molecule has 2 N–H and O–H groups in total. The molecule has 1 heterocycles. The first-order valence-corrected chi connectivity index (χ1v) is 15.8. The molecule has 1 atom stereocenters. The van der Waals surface area contributed by atoms with Crippen molar-refractivity contribution in [3.05, 3.63) is 75.3 Å². The van der Waals surface area contributed by atoms with Crippen molar-refractivity contribution in [3.8, 4) is 23.0 Å². The Morgan fingerprint density at radius 1 is 0.957 bits per heavy atom. The summed E-state index contributed by atoms with van der Waals surface area (Å²) >= 11 is 0. The minimum atomic E-state index is -0.782. The van der Waals surface area contributed by atoms with Crippen molar-refractivity contribution < 1.29 is 33.7 Å². The molecule has 1 amide bonds. The van der Waals surface area contributed by atoms with Gasteiger partial charge in [-0.2, -0.15) is 0 Å². The van der Waals surface area contributed by atoms with Crippen molar-refractivity contribution in [2.75, 3.05) is 19.0 Å². The number of carbonyl (C=O) groups excluding carboxylic acids is 2. The minimum Gasteiger partial charge on any atom is -0.508 e. The zero-order valence-corrected chi connectivity index (χ0v) is 29.7. The fourth-order valence-electron chi connectivity index (χ4n) is 5.98. The number of amides is 1. The first-order valence-electron chi connectivity index (χ1n) is 15.8. The molecule has 0 aliphatic carbocycles. The summed E-state index contributed by atoms with van der Waals surface area (Å²) in [5.74, 6) is 1.27. The number of fused-ring (bicyclic) bond motifs is 1. The second-order valence-electron chi connectivity index (χ2n) is 14.6. The molecule has 0 bridgehead atoms. The Kier molecular flexibility index (Phi) is 9.72. The maximum atomic E-state index is 13.8. The van der Waals surface area contributed by atoms with Crippen molar-refractivity contribution in [2.24, 2.45) is 5.16 Å². The van der Waals surface area contributed by atoms with E-state index in [0.29, 0.717) is 40.6 Å². The number of ether oxygens (including phenoxy) is 3. The SMILES string of the molecule is CO/N=C1/CC(C)(COc2ccc(NC(=O)c3c(C(C)(C)C)cc(O)cc3C(C)(C)C)cc2)Oc2c(C)c(C)c(OC(C)=O)c(C)c21. The predicted octanol–water partition coefficient (Wildman–Crippen LogP) is 8.06. The molecule has 3 aromatic carbocycles. The molecule has 4 rings (SSSR count). The highest BCUT2D eigenvalue weighted by Gasteiger charge is 2.40. The molecule has 0 saturated carbocycles. The third kappa shape index (κ3) is 7.56. The fourth-order valence-corrected chi connectivity index (χ4v) is 5.98. The molecule has 1 unspecified atom stereocenters. The Hall–Kier alpha value is -4.53. The number of anilines is 1. The maximum absolute atomic E-state index is 13.8. The smallest absolute Gasteiger partial charge is 0.308 e. The Balaban J connectivity index is 1.56. The van der Waals surface area contributed by atoms with Gasteiger partial charge in [-0.3, -0.25) is 9.59 Å². The minimum absolute atomic E-state index is 0.143. The average molecular weight is 645 g/mol. The number of esters is 1. The normalized spacial score (nSPS) is 17.1. The second-order valence-corrected chi connectivity index (χ2v) is 14.6. The summed E-state index contributed by atoms with van der Waals surface area (Å²) in [7, 11) is 1.50. The van der Waals surface area contributed by atoms with Crippen LogP contribution in [0.3, 0.4) is 0 Å². The average Bonchev–Trinajstić information content (AvgIpc) is 2.96. The van der Waals surface area contributed by atoms with Crippen LogP contribution in [0.4, 0.5) is 5.69 Å². The second kappa shape index (κ2) is 12.9. The number of nitrogens with zero attached hydrogens (tertiary/aromatic N) is 1. The van der Waals surface area contributed by atoms with Crippen LogP contribution in [0.15, 0.2) is 41.6 Å². The highest BCUT2D eigenvalue weighted by Crippen LogP contribution is 2.44. The van der Waals surface area contributed by atoms with Crippen molar-refractivity contribution in [1.29, 1.82) is 0 Å². The zero-order valence-electron chi connectivity index (χ0n) is 29.7. The van der Waals surface area contributed by atoms with E-state index in [4.69, 9.17) is 19.0 Å². The Labute approximate surface area is 278 Å². The van der Waals surface area contributed by atoms with Crippen molar-refractivity contribution >= 4 is 23.3 Å². The Bertz CT molecular complexity index is 1690. The lowest BCUT2D eigenvalue weighted by Gasteiger charge is -2.38. The molecular formula is C38H48N2O7. The maximum Gasteiger partial charge on any atom is 0.308 e. The number of nitrogens with one attached hydrogen (secondary N) is 1. The van der Waals surface area contributed by atoms with Crippen LogP contribution in [0.2, 0.25) is 0 Å². The van der Waals surface area contributed by atoms with Gasteiger partial charge in [0, 0.05) is 35.7 Å². The van der Waals surface area contributed by atoms with E-state index in [9.17, 15) is 14.7 Å². The summed E-state index contributed by atoms with van der Waals surface area (Å²) in [6, 6.07) is 10.6. The van der Waals surface area contributed by atoms with Crippen LogP contribution in [0, 0.1) is 20.8 Å². The van der Waals surface area contributed by atoms with E-state index in [0.717, 1.165) is 33.4 Å². The van der Waals surface area contributed by atoms with E-state index in [-0.39, 0.29) is 29.1 Å². The van der Waals surface area contributed by atoms with Gasteiger partial charge in [0.1, 0.15) is 42.3 Å². The quantitative estimate of drug-likeness (QED) is 0.152. The number of hydrogen-bond acceptors (Lipinski definition) is 8. The molecule has 0 radical (unpaired) electrons. The summed E-state index contributed by atoms with van der Waals surface area (Å²) in [6.45, 7) is 21.4. The third-order valence-electron chi connectivity index (χ3n) is 8.43. The van der Waals surface area contributed by atoms with E-state index in [1.165, 1.54) is 14.0 Å².